The van der Waals surface area contributed by atoms with Gasteiger partial charge in [0.15, 0.2) is 0 Å². The maximum Gasteiger partial charge on any atom is 0.573 e. The van der Waals surface area contributed by atoms with Crippen LogP contribution in [0, 0.1) is 0 Å². The van der Waals surface area contributed by atoms with E-state index in [1.165, 1.54) is 12.1 Å². The number of aromatic nitrogens is 2. The highest BCUT2D eigenvalue weighted by Crippen LogP contribution is 2.26. The number of halogens is 3. The summed E-state index contributed by atoms with van der Waals surface area (Å²) in [5, 5.41) is 6.64. The van der Waals surface area contributed by atoms with Gasteiger partial charge in [0.2, 0.25) is 5.13 Å². The van der Waals surface area contributed by atoms with E-state index in [-0.39, 0.29) is 10.8 Å². The molecule has 0 aliphatic rings. The standard InChI is InChI=1S/C9H7F3N4O3S2/c10-9(11,12)19-6-3-1-2-5(4-6)16-21(17,18)8-15-14-7(13)20-8/h1-4,16H,(H2,13,14). The molecule has 12 heteroatoms. The molecule has 3 N–H and O–H groups in total. The van der Waals surface area contributed by atoms with Gasteiger partial charge in [-0.05, 0) is 12.1 Å². The number of ether oxygens (including phenoxy) is 1. The number of sulfonamides is 1. The van der Waals surface area contributed by atoms with Gasteiger partial charge in [0.25, 0.3) is 14.4 Å². The Kier molecular flexibility index (Phi) is 3.91. The van der Waals surface area contributed by atoms with Gasteiger partial charge in [-0.2, -0.15) is 8.42 Å². The fourth-order valence-electron chi connectivity index (χ4n) is 1.28. The summed E-state index contributed by atoms with van der Waals surface area (Å²) in [6.45, 7) is 0. The predicted molar refractivity (Wildman–Crippen MR) is 68.3 cm³/mol. The third-order valence-electron chi connectivity index (χ3n) is 1.97. The molecule has 2 aromatic rings. The molecule has 0 radical (unpaired) electrons. The Labute approximate surface area is 120 Å². The second-order valence-electron chi connectivity index (χ2n) is 3.59. The summed E-state index contributed by atoms with van der Waals surface area (Å²) in [5.74, 6) is -0.556. The summed E-state index contributed by atoms with van der Waals surface area (Å²) < 4.78 is 65.4. The normalized spacial score (nSPS) is 12.1. The van der Waals surface area contributed by atoms with Gasteiger partial charge in [0.1, 0.15) is 5.75 Å². The van der Waals surface area contributed by atoms with Crippen LogP contribution in [-0.2, 0) is 10.0 Å². The third kappa shape index (κ3) is 4.19. The molecule has 0 aliphatic heterocycles. The number of benzene rings is 1. The van der Waals surface area contributed by atoms with Crippen molar-refractivity contribution in [2.75, 3.05) is 10.5 Å². The van der Waals surface area contributed by atoms with Crippen LogP contribution >= 0.6 is 11.3 Å². The molecule has 0 bridgehead atoms. The van der Waals surface area contributed by atoms with E-state index in [0.717, 1.165) is 12.1 Å². The van der Waals surface area contributed by atoms with Gasteiger partial charge >= 0.3 is 6.36 Å². The van der Waals surface area contributed by atoms with Crippen LogP contribution in [0.2, 0.25) is 0 Å². The van der Waals surface area contributed by atoms with Gasteiger partial charge in [-0.15, -0.1) is 23.4 Å². The minimum absolute atomic E-state index is 0.0514. The summed E-state index contributed by atoms with van der Waals surface area (Å²) in [4.78, 5) is 0. The zero-order valence-corrected chi connectivity index (χ0v) is 11.6. The second kappa shape index (κ2) is 5.37. The Hall–Kier alpha value is -2.08. The lowest BCUT2D eigenvalue weighted by Gasteiger charge is -2.10. The fraction of sp³-hybridized carbons (Fsp3) is 0.111. The lowest BCUT2D eigenvalue weighted by Crippen LogP contribution is -2.17. The molecule has 0 saturated heterocycles. The molecule has 114 valence electrons. The molecule has 1 aromatic heterocycles. The van der Waals surface area contributed by atoms with E-state index in [1.54, 1.807) is 0 Å². The average Bonchev–Trinajstić information content (AvgIpc) is 2.74. The van der Waals surface area contributed by atoms with Gasteiger partial charge < -0.3 is 10.5 Å². The molecule has 1 aromatic carbocycles. The van der Waals surface area contributed by atoms with Crippen molar-refractivity contribution in [1.29, 1.82) is 0 Å². The van der Waals surface area contributed by atoms with E-state index < -0.39 is 26.5 Å². The Bertz CT molecular complexity index is 745. The van der Waals surface area contributed by atoms with Crippen LogP contribution in [0.4, 0.5) is 24.0 Å². The topological polar surface area (TPSA) is 107 Å². The summed E-state index contributed by atoms with van der Waals surface area (Å²) in [5.41, 5.74) is 5.15. The van der Waals surface area contributed by atoms with Crippen molar-refractivity contribution < 1.29 is 26.3 Å². The zero-order chi connectivity index (χ0) is 15.7. The Morgan fingerprint density at radius 3 is 2.57 bits per heavy atom. The minimum atomic E-state index is -4.87. The van der Waals surface area contributed by atoms with E-state index in [0.29, 0.717) is 11.3 Å². The van der Waals surface area contributed by atoms with Crippen molar-refractivity contribution in [2.24, 2.45) is 0 Å². The monoisotopic (exact) mass is 340 g/mol. The van der Waals surface area contributed by atoms with Crippen molar-refractivity contribution in [3.8, 4) is 5.75 Å². The van der Waals surface area contributed by atoms with Gasteiger partial charge in [0, 0.05) is 6.07 Å². The lowest BCUT2D eigenvalue weighted by molar-refractivity contribution is -0.274. The van der Waals surface area contributed by atoms with Crippen molar-refractivity contribution in [3.63, 3.8) is 0 Å². The Morgan fingerprint density at radius 2 is 2.00 bits per heavy atom. The number of rotatable bonds is 4. The molecule has 0 spiro atoms. The third-order valence-corrected chi connectivity index (χ3v) is 4.47. The van der Waals surface area contributed by atoms with Gasteiger partial charge in [-0.3, -0.25) is 4.72 Å². The van der Waals surface area contributed by atoms with E-state index >= 15 is 0 Å². The van der Waals surface area contributed by atoms with E-state index in [2.05, 4.69) is 19.7 Å². The van der Waals surface area contributed by atoms with Crippen LogP contribution in [0.5, 0.6) is 5.75 Å². The molecule has 0 saturated carbocycles. The van der Waals surface area contributed by atoms with Gasteiger partial charge in [-0.25, -0.2) is 0 Å². The van der Waals surface area contributed by atoms with Crippen LogP contribution < -0.4 is 15.2 Å². The molecule has 0 atom stereocenters. The highest BCUT2D eigenvalue weighted by atomic mass is 32.2. The number of nitrogens with zero attached hydrogens (tertiary/aromatic N) is 2. The molecule has 0 amide bonds. The van der Waals surface area contributed by atoms with E-state index in [4.69, 9.17) is 5.73 Å². The number of anilines is 2. The predicted octanol–water partition coefficient (Wildman–Crippen LogP) is 1.82. The zero-order valence-electron chi connectivity index (χ0n) is 9.96. The van der Waals surface area contributed by atoms with Crippen LogP contribution in [0.25, 0.3) is 0 Å². The molecular formula is C9H7F3N4O3S2. The number of alkyl halides is 3. The molecule has 2 rings (SSSR count). The van der Waals surface area contributed by atoms with Crippen LogP contribution in [0.3, 0.4) is 0 Å². The smallest absolute Gasteiger partial charge is 0.406 e. The summed E-state index contributed by atoms with van der Waals surface area (Å²) in [6, 6.07) is 4.38. The number of hydrogen-bond acceptors (Lipinski definition) is 7. The summed E-state index contributed by atoms with van der Waals surface area (Å²) in [6.07, 6.45) is -4.87. The van der Waals surface area contributed by atoms with Crippen molar-refractivity contribution >= 4 is 32.2 Å². The summed E-state index contributed by atoms with van der Waals surface area (Å²) in [7, 11) is -4.07. The minimum Gasteiger partial charge on any atom is -0.406 e. The molecule has 1 heterocycles. The SMILES string of the molecule is Nc1nnc(S(=O)(=O)Nc2cccc(OC(F)(F)F)c2)s1. The first kappa shape index (κ1) is 15.3. The molecule has 0 fully saturated rings. The first-order valence-electron chi connectivity index (χ1n) is 5.13. The molecule has 0 unspecified atom stereocenters. The highest BCUT2D eigenvalue weighted by Gasteiger charge is 2.31. The maximum atomic E-state index is 12.1. The first-order chi connectivity index (χ1) is 9.66. The fourth-order valence-corrected chi connectivity index (χ4v) is 3.12. The largest absolute Gasteiger partial charge is 0.573 e. The van der Waals surface area contributed by atoms with E-state index in [1.807, 2.05) is 0 Å². The van der Waals surface area contributed by atoms with E-state index in [9.17, 15) is 21.6 Å². The van der Waals surface area contributed by atoms with Crippen LogP contribution in [0.1, 0.15) is 0 Å². The Morgan fingerprint density at radius 1 is 1.29 bits per heavy atom. The first-order valence-corrected chi connectivity index (χ1v) is 7.43. The molecule has 7 nitrogen and oxygen atoms in total. The number of nitrogen functional groups attached to an aromatic ring is 1. The van der Waals surface area contributed by atoms with Crippen molar-refractivity contribution in [1.82, 2.24) is 10.2 Å². The number of hydrogen-bond donors (Lipinski definition) is 2. The van der Waals surface area contributed by atoms with Crippen molar-refractivity contribution in [3.05, 3.63) is 24.3 Å². The molecule has 21 heavy (non-hydrogen) atoms. The van der Waals surface area contributed by atoms with Crippen molar-refractivity contribution in [2.45, 2.75) is 10.7 Å². The Balaban J connectivity index is 2.22. The second-order valence-corrected chi connectivity index (χ2v) is 6.45. The van der Waals surface area contributed by atoms with Crippen LogP contribution in [-0.4, -0.2) is 25.0 Å². The molecule has 0 aliphatic carbocycles. The van der Waals surface area contributed by atoms with Gasteiger partial charge in [0.05, 0.1) is 5.69 Å². The number of nitrogens with one attached hydrogen (secondary N) is 1. The quantitative estimate of drug-likeness (QED) is 0.879. The van der Waals surface area contributed by atoms with Crippen LogP contribution in [0.15, 0.2) is 28.6 Å². The average molecular weight is 340 g/mol. The number of nitrogens with two attached hydrogens (primary N) is 1. The maximum absolute atomic E-state index is 12.1. The lowest BCUT2D eigenvalue weighted by atomic mass is 10.3. The highest BCUT2D eigenvalue weighted by molar-refractivity contribution is 7.94. The summed E-state index contributed by atoms with van der Waals surface area (Å²) >= 11 is 0.622. The molecular weight excluding hydrogens is 333 g/mol. The van der Waals surface area contributed by atoms with Gasteiger partial charge in [-0.1, -0.05) is 17.4 Å².